The van der Waals surface area contributed by atoms with E-state index in [0.717, 1.165) is 48.4 Å². The van der Waals surface area contributed by atoms with Gasteiger partial charge in [-0.1, -0.05) is 13.3 Å². The molecule has 1 aromatic heterocycles. The predicted molar refractivity (Wildman–Crippen MR) is 117 cm³/mol. The van der Waals surface area contributed by atoms with Crippen molar-refractivity contribution in [3.8, 4) is 0 Å². The molecule has 5 rings (SSSR count). The van der Waals surface area contributed by atoms with E-state index in [0.29, 0.717) is 18.3 Å². The smallest absolute Gasteiger partial charge is 0.124 e. The largest absolute Gasteiger partial charge is 0.390 e. The van der Waals surface area contributed by atoms with Crippen molar-refractivity contribution in [2.75, 3.05) is 0 Å². The molecule has 4 nitrogen and oxygen atoms in total. The molecule has 8 atom stereocenters. The van der Waals surface area contributed by atoms with Gasteiger partial charge in [-0.3, -0.25) is 0 Å². The van der Waals surface area contributed by atoms with E-state index in [4.69, 9.17) is 10.2 Å². The van der Waals surface area contributed by atoms with Crippen molar-refractivity contribution in [3.05, 3.63) is 17.5 Å². The van der Waals surface area contributed by atoms with Crippen LogP contribution in [0, 0.1) is 29.6 Å². The highest BCUT2D eigenvalue weighted by atomic mass is 19.1. The first-order valence-electron chi connectivity index (χ1n) is 12.3. The maximum Gasteiger partial charge on any atom is 0.124 e. The van der Waals surface area contributed by atoms with Gasteiger partial charge in [0.05, 0.1) is 16.8 Å². The Kier molecular flexibility index (Phi) is 5.11. The molecule has 0 aliphatic heterocycles. The minimum atomic E-state index is -0.934. The second-order valence-electron chi connectivity index (χ2n) is 11.3. The third-order valence-electron chi connectivity index (χ3n) is 9.22. The van der Waals surface area contributed by atoms with E-state index in [1.54, 1.807) is 6.08 Å². The summed E-state index contributed by atoms with van der Waals surface area (Å²) in [6, 6.07) is 0. The summed E-state index contributed by atoms with van der Waals surface area (Å²) in [4.78, 5) is 1.99. The van der Waals surface area contributed by atoms with Crippen LogP contribution < -0.4 is 0 Å². The van der Waals surface area contributed by atoms with Crippen LogP contribution in [0.2, 0.25) is 0 Å². The lowest BCUT2D eigenvalue weighted by molar-refractivity contribution is -0.103. The van der Waals surface area contributed by atoms with Gasteiger partial charge in [-0.2, -0.15) is 15.0 Å². The zero-order chi connectivity index (χ0) is 21.1. The third kappa shape index (κ3) is 3.36. The van der Waals surface area contributed by atoms with Crippen LogP contribution in [0.5, 0.6) is 0 Å². The summed E-state index contributed by atoms with van der Waals surface area (Å²) in [6.45, 7) is 6.70. The van der Waals surface area contributed by atoms with Crippen LogP contribution >= 0.6 is 0 Å². The first-order valence-corrected chi connectivity index (χ1v) is 12.3. The molecule has 1 N–H and O–H groups in total. The zero-order valence-corrected chi connectivity index (χ0v) is 18.9. The van der Waals surface area contributed by atoms with Gasteiger partial charge in [0.2, 0.25) is 0 Å². The topological polar surface area (TPSA) is 50.9 Å². The molecule has 3 saturated carbocycles. The Morgan fingerprint density at radius 1 is 1.10 bits per heavy atom. The highest BCUT2D eigenvalue weighted by Crippen LogP contribution is 2.58. The Balaban J connectivity index is 1.43. The van der Waals surface area contributed by atoms with Gasteiger partial charge in [0.15, 0.2) is 0 Å². The average molecular weight is 416 g/mol. The predicted octanol–water partition coefficient (Wildman–Crippen LogP) is 5.30. The fourth-order valence-electron chi connectivity index (χ4n) is 7.77. The summed E-state index contributed by atoms with van der Waals surface area (Å²) in [5.74, 6) is 3.55. The summed E-state index contributed by atoms with van der Waals surface area (Å²) in [7, 11) is 0. The van der Waals surface area contributed by atoms with Gasteiger partial charge in [0.25, 0.3) is 0 Å². The summed E-state index contributed by atoms with van der Waals surface area (Å²) in [5.41, 5.74) is 1.14. The minimum absolute atomic E-state index is 0.0822. The van der Waals surface area contributed by atoms with E-state index in [9.17, 15) is 9.50 Å². The molecule has 5 heteroatoms. The number of aromatic nitrogens is 3. The molecule has 166 valence electrons. The van der Waals surface area contributed by atoms with Crippen molar-refractivity contribution in [3.63, 3.8) is 0 Å². The lowest BCUT2D eigenvalue weighted by atomic mass is 9.50. The Hall–Kier alpha value is -1.23. The number of aliphatic hydroxyl groups is 1. The third-order valence-corrected chi connectivity index (χ3v) is 9.22. The molecule has 1 aromatic rings. The number of rotatable bonds is 3. The first-order chi connectivity index (χ1) is 14.3. The second kappa shape index (κ2) is 7.43. The zero-order valence-electron chi connectivity index (χ0n) is 18.9. The average Bonchev–Trinajstić information content (AvgIpc) is 3.13. The molecule has 4 aliphatic rings. The number of alkyl halides is 1. The lowest BCUT2D eigenvalue weighted by Gasteiger charge is -2.57. The SMILES string of the molecule is CCCC1[C@@H]2CCC3C[C@](C)(O)CC[C@@H]3C2CC[C@]1(C)n1nc2c(n1)CC(F)C=C2. The van der Waals surface area contributed by atoms with E-state index in [1.165, 1.54) is 38.5 Å². The molecule has 1 heterocycles. The monoisotopic (exact) mass is 415 g/mol. The summed E-state index contributed by atoms with van der Waals surface area (Å²) in [6.07, 6.45) is 13.2. The number of fused-ring (bicyclic) bond motifs is 4. The van der Waals surface area contributed by atoms with E-state index in [2.05, 4.69) is 13.8 Å². The molecule has 3 fully saturated rings. The molecule has 0 aromatic carbocycles. The van der Waals surface area contributed by atoms with Crippen molar-refractivity contribution >= 4 is 6.08 Å². The van der Waals surface area contributed by atoms with Crippen LogP contribution in [0.3, 0.4) is 0 Å². The Morgan fingerprint density at radius 3 is 2.70 bits per heavy atom. The van der Waals surface area contributed by atoms with E-state index < -0.39 is 11.8 Å². The molecular formula is C25H38FN3O. The standard InChI is InChI=1S/C25H38FN3O/c1-4-5-21-20-8-6-16-15-24(2,30)12-10-18(16)19(20)11-13-25(21,3)29-27-22-9-7-17(26)14-23(22)28-29/h7,9,16-21,30H,4-6,8,10-15H2,1-3H3/t16?,17?,18-,19?,20+,21?,24+,25-/m0/s1. The lowest BCUT2D eigenvalue weighted by Crippen LogP contribution is -2.54. The van der Waals surface area contributed by atoms with Gasteiger partial charge in [-0.15, -0.1) is 0 Å². The van der Waals surface area contributed by atoms with Crippen molar-refractivity contribution in [1.82, 2.24) is 15.0 Å². The maximum atomic E-state index is 13.9. The van der Waals surface area contributed by atoms with Crippen molar-refractivity contribution in [2.24, 2.45) is 29.6 Å². The van der Waals surface area contributed by atoms with Gasteiger partial charge < -0.3 is 5.11 Å². The molecule has 0 saturated heterocycles. The summed E-state index contributed by atoms with van der Waals surface area (Å²) in [5, 5.41) is 20.3. The van der Waals surface area contributed by atoms with Crippen LogP contribution in [-0.4, -0.2) is 31.9 Å². The van der Waals surface area contributed by atoms with Gasteiger partial charge >= 0.3 is 0 Å². The van der Waals surface area contributed by atoms with E-state index >= 15 is 0 Å². The number of allylic oxidation sites excluding steroid dienone is 1. The van der Waals surface area contributed by atoms with Crippen molar-refractivity contribution < 1.29 is 9.50 Å². The van der Waals surface area contributed by atoms with Crippen LogP contribution in [0.15, 0.2) is 6.08 Å². The van der Waals surface area contributed by atoms with E-state index in [1.807, 2.05) is 17.8 Å². The molecule has 0 bridgehead atoms. The summed E-state index contributed by atoms with van der Waals surface area (Å²) < 4.78 is 13.9. The number of nitrogens with zero attached hydrogens (tertiary/aromatic N) is 3. The quantitative estimate of drug-likeness (QED) is 0.728. The second-order valence-corrected chi connectivity index (χ2v) is 11.3. The molecule has 4 unspecified atom stereocenters. The van der Waals surface area contributed by atoms with Crippen LogP contribution in [0.25, 0.3) is 6.08 Å². The molecule has 0 radical (unpaired) electrons. The van der Waals surface area contributed by atoms with Crippen LogP contribution in [-0.2, 0) is 12.0 Å². The minimum Gasteiger partial charge on any atom is -0.390 e. The maximum absolute atomic E-state index is 13.9. The fraction of sp³-hybridized carbons (Fsp3) is 0.840. The highest BCUT2D eigenvalue weighted by Gasteiger charge is 2.54. The first kappa shape index (κ1) is 20.7. The molecule has 30 heavy (non-hydrogen) atoms. The van der Waals surface area contributed by atoms with Crippen molar-refractivity contribution in [2.45, 2.75) is 102 Å². The molecule has 0 spiro atoms. The number of halogens is 1. The number of hydrogen-bond donors (Lipinski definition) is 1. The molecule has 4 aliphatic carbocycles. The number of hydrogen-bond acceptors (Lipinski definition) is 3. The Bertz CT molecular complexity index is 817. The van der Waals surface area contributed by atoms with Gasteiger partial charge in [0.1, 0.15) is 11.9 Å². The van der Waals surface area contributed by atoms with Gasteiger partial charge in [-0.25, -0.2) is 4.39 Å². The fourth-order valence-corrected chi connectivity index (χ4v) is 7.77. The molecule has 0 amide bonds. The normalized spacial score (nSPS) is 45.5. The van der Waals surface area contributed by atoms with Crippen LogP contribution in [0.4, 0.5) is 4.39 Å². The van der Waals surface area contributed by atoms with Crippen LogP contribution in [0.1, 0.15) is 89.9 Å². The van der Waals surface area contributed by atoms with Gasteiger partial charge in [-0.05, 0) is 107 Å². The van der Waals surface area contributed by atoms with Crippen molar-refractivity contribution in [1.29, 1.82) is 0 Å². The summed E-state index contributed by atoms with van der Waals surface area (Å²) >= 11 is 0. The highest BCUT2D eigenvalue weighted by molar-refractivity contribution is 5.50. The van der Waals surface area contributed by atoms with E-state index in [-0.39, 0.29) is 5.54 Å². The Labute approximate surface area is 180 Å². The molecular weight excluding hydrogens is 377 g/mol. The van der Waals surface area contributed by atoms with Gasteiger partial charge in [0, 0.05) is 6.42 Å². The Morgan fingerprint density at radius 2 is 1.90 bits per heavy atom.